The van der Waals surface area contributed by atoms with Gasteiger partial charge in [0.05, 0.1) is 6.20 Å². The summed E-state index contributed by atoms with van der Waals surface area (Å²) in [6, 6.07) is 11.1. The number of hydrogen-bond donors (Lipinski definition) is 1. The van der Waals surface area contributed by atoms with Gasteiger partial charge in [0.2, 0.25) is 0 Å². The smallest absolute Gasteiger partial charge is 0.255 e. The van der Waals surface area contributed by atoms with Crippen molar-refractivity contribution in [3.8, 4) is 0 Å². The highest BCUT2D eigenvalue weighted by Gasteiger charge is 1.92. The maximum atomic E-state index is 11.1. The molecule has 0 aliphatic heterocycles. The van der Waals surface area contributed by atoms with E-state index in [0.29, 0.717) is 0 Å². The molecular formula is C12H10N2O2. The molecule has 0 spiro atoms. The molecule has 0 radical (unpaired) electrons. The van der Waals surface area contributed by atoms with Gasteiger partial charge in [0.15, 0.2) is 0 Å². The second-order valence-corrected chi connectivity index (χ2v) is 3.08. The number of hydrogen-bond acceptors (Lipinski definition) is 3. The third-order valence-corrected chi connectivity index (χ3v) is 2.03. The van der Waals surface area contributed by atoms with Crippen LogP contribution >= 0.6 is 0 Å². The van der Waals surface area contributed by atoms with Crippen LogP contribution < -0.4 is 5.56 Å². The van der Waals surface area contributed by atoms with E-state index in [2.05, 4.69) is 14.7 Å². The lowest BCUT2D eigenvalue weighted by atomic mass is 10.2. The molecule has 1 aromatic carbocycles. The Kier molecular flexibility index (Phi) is 3.13. The Labute approximate surface area is 91.5 Å². The van der Waals surface area contributed by atoms with Crippen LogP contribution in [0.5, 0.6) is 0 Å². The van der Waals surface area contributed by atoms with Crippen LogP contribution in [-0.4, -0.2) is 10.1 Å². The number of fused-ring (bicyclic) bond motifs is 1. The molecule has 4 heteroatoms. The predicted molar refractivity (Wildman–Crippen MR) is 61.1 cm³/mol. The van der Waals surface area contributed by atoms with Gasteiger partial charge in [0.25, 0.3) is 5.56 Å². The van der Waals surface area contributed by atoms with E-state index in [1.165, 1.54) is 6.26 Å². The van der Waals surface area contributed by atoms with Gasteiger partial charge in [0.1, 0.15) is 6.26 Å². The third kappa shape index (κ3) is 2.36. The van der Waals surface area contributed by atoms with Gasteiger partial charge < -0.3 is 9.51 Å². The Morgan fingerprint density at radius 1 is 1.12 bits per heavy atom. The van der Waals surface area contributed by atoms with E-state index in [9.17, 15) is 4.79 Å². The zero-order valence-corrected chi connectivity index (χ0v) is 8.46. The Hall–Kier alpha value is -2.36. The fourth-order valence-electron chi connectivity index (χ4n) is 1.31. The summed E-state index contributed by atoms with van der Waals surface area (Å²) in [4.78, 5) is 13.7. The van der Waals surface area contributed by atoms with Crippen molar-refractivity contribution in [3.63, 3.8) is 0 Å². The standard InChI is InChI=1S/C9H7NO.C3H3NO/c11-9-8-4-2-1-3-7(8)5-6-10-9;1-2-4-5-3-1/h1-6H,(H,10,11);1-3H. The van der Waals surface area contributed by atoms with E-state index in [-0.39, 0.29) is 5.56 Å². The molecule has 3 aromatic rings. The van der Waals surface area contributed by atoms with Crippen LogP contribution in [0, 0.1) is 0 Å². The van der Waals surface area contributed by atoms with Crippen LogP contribution in [0.3, 0.4) is 0 Å². The molecule has 2 aromatic heterocycles. The number of rotatable bonds is 0. The van der Waals surface area contributed by atoms with Crippen molar-refractivity contribution in [1.82, 2.24) is 10.1 Å². The summed E-state index contributed by atoms with van der Waals surface area (Å²) < 4.78 is 4.33. The first-order valence-electron chi connectivity index (χ1n) is 4.79. The molecule has 0 saturated heterocycles. The van der Waals surface area contributed by atoms with Gasteiger partial charge in [-0.3, -0.25) is 4.79 Å². The zero-order valence-electron chi connectivity index (χ0n) is 8.46. The number of pyridine rings is 1. The molecule has 0 saturated carbocycles. The number of benzene rings is 1. The molecular weight excluding hydrogens is 204 g/mol. The summed E-state index contributed by atoms with van der Waals surface area (Å²) in [5, 5.41) is 5.08. The second kappa shape index (κ2) is 4.93. The highest BCUT2D eigenvalue weighted by atomic mass is 16.5. The summed E-state index contributed by atoms with van der Waals surface area (Å²) in [7, 11) is 0. The van der Waals surface area contributed by atoms with Crippen molar-refractivity contribution in [1.29, 1.82) is 0 Å². The van der Waals surface area contributed by atoms with Crippen LogP contribution in [0.25, 0.3) is 10.8 Å². The first-order chi connectivity index (χ1) is 7.88. The normalized spacial score (nSPS) is 9.50. The summed E-state index contributed by atoms with van der Waals surface area (Å²) in [6.07, 6.45) is 4.75. The molecule has 80 valence electrons. The highest BCUT2D eigenvalue weighted by Crippen LogP contribution is 2.05. The van der Waals surface area contributed by atoms with Gasteiger partial charge in [-0.15, -0.1) is 0 Å². The third-order valence-electron chi connectivity index (χ3n) is 2.03. The number of nitrogens with zero attached hydrogens (tertiary/aromatic N) is 1. The SMILES string of the molecule is O=c1[nH]ccc2ccccc12.c1cnoc1. The average molecular weight is 214 g/mol. The van der Waals surface area contributed by atoms with Gasteiger partial charge in [-0.1, -0.05) is 23.4 Å². The summed E-state index contributed by atoms with van der Waals surface area (Å²) >= 11 is 0. The first-order valence-corrected chi connectivity index (χ1v) is 4.79. The molecule has 0 fully saturated rings. The van der Waals surface area contributed by atoms with Gasteiger partial charge in [-0.25, -0.2) is 0 Å². The van der Waals surface area contributed by atoms with E-state index in [1.807, 2.05) is 30.3 Å². The molecule has 0 bridgehead atoms. The molecule has 4 nitrogen and oxygen atoms in total. The highest BCUT2D eigenvalue weighted by molar-refractivity contribution is 5.80. The molecule has 0 amide bonds. The lowest BCUT2D eigenvalue weighted by Gasteiger charge is -1.92. The Morgan fingerprint density at radius 3 is 2.62 bits per heavy atom. The van der Waals surface area contributed by atoms with Crippen LogP contribution in [0.2, 0.25) is 0 Å². The molecule has 2 heterocycles. The zero-order chi connectivity index (χ0) is 11.2. The van der Waals surface area contributed by atoms with E-state index in [1.54, 1.807) is 18.5 Å². The Bertz CT molecular complexity index is 577. The minimum absolute atomic E-state index is 0.0249. The number of aromatic amines is 1. The minimum Gasteiger partial charge on any atom is -0.365 e. The first kappa shape index (κ1) is 10.2. The summed E-state index contributed by atoms with van der Waals surface area (Å²) in [6.45, 7) is 0. The molecule has 0 atom stereocenters. The number of aromatic nitrogens is 2. The summed E-state index contributed by atoms with van der Waals surface area (Å²) in [5.41, 5.74) is -0.0249. The van der Waals surface area contributed by atoms with Gasteiger partial charge in [0, 0.05) is 11.6 Å². The Morgan fingerprint density at radius 2 is 2.00 bits per heavy atom. The molecule has 1 N–H and O–H groups in total. The molecule has 0 aliphatic rings. The van der Waals surface area contributed by atoms with E-state index >= 15 is 0 Å². The largest absolute Gasteiger partial charge is 0.365 e. The van der Waals surface area contributed by atoms with Crippen LogP contribution in [-0.2, 0) is 0 Å². The number of H-pyrrole nitrogens is 1. The molecule has 0 aliphatic carbocycles. The Balaban J connectivity index is 0.000000162. The maximum Gasteiger partial charge on any atom is 0.255 e. The fourth-order valence-corrected chi connectivity index (χ4v) is 1.31. The minimum atomic E-state index is -0.0249. The van der Waals surface area contributed by atoms with Gasteiger partial charge in [-0.2, -0.15) is 0 Å². The molecule has 16 heavy (non-hydrogen) atoms. The topological polar surface area (TPSA) is 58.9 Å². The second-order valence-electron chi connectivity index (χ2n) is 3.08. The van der Waals surface area contributed by atoms with Crippen molar-refractivity contribution < 1.29 is 4.52 Å². The molecule has 3 rings (SSSR count). The lowest BCUT2D eigenvalue weighted by Crippen LogP contribution is -2.03. The van der Waals surface area contributed by atoms with E-state index < -0.39 is 0 Å². The average Bonchev–Trinajstić information content (AvgIpc) is 2.88. The van der Waals surface area contributed by atoms with E-state index in [0.717, 1.165) is 10.8 Å². The quantitative estimate of drug-likeness (QED) is 0.624. The van der Waals surface area contributed by atoms with Crippen molar-refractivity contribution in [3.05, 3.63) is 65.4 Å². The van der Waals surface area contributed by atoms with Crippen LogP contribution in [0.15, 0.2) is 64.4 Å². The van der Waals surface area contributed by atoms with Crippen LogP contribution in [0.4, 0.5) is 0 Å². The monoisotopic (exact) mass is 214 g/mol. The molecule has 0 unspecified atom stereocenters. The van der Waals surface area contributed by atoms with Crippen molar-refractivity contribution in [2.75, 3.05) is 0 Å². The van der Waals surface area contributed by atoms with Crippen LogP contribution in [0.1, 0.15) is 0 Å². The van der Waals surface area contributed by atoms with Crippen molar-refractivity contribution in [2.45, 2.75) is 0 Å². The number of nitrogens with one attached hydrogen (secondary N) is 1. The van der Waals surface area contributed by atoms with Gasteiger partial charge in [-0.05, 0) is 23.6 Å². The summed E-state index contributed by atoms with van der Waals surface area (Å²) in [5.74, 6) is 0. The predicted octanol–water partition coefficient (Wildman–Crippen LogP) is 2.20. The lowest BCUT2D eigenvalue weighted by molar-refractivity contribution is 0.420. The van der Waals surface area contributed by atoms with Gasteiger partial charge >= 0.3 is 0 Å². The van der Waals surface area contributed by atoms with Crippen molar-refractivity contribution >= 4 is 10.8 Å². The fraction of sp³-hybridized carbons (Fsp3) is 0. The maximum absolute atomic E-state index is 11.1. The van der Waals surface area contributed by atoms with E-state index in [4.69, 9.17) is 0 Å². The van der Waals surface area contributed by atoms with Crippen molar-refractivity contribution in [2.24, 2.45) is 0 Å².